The number of hydrogen-bond acceptors (Lipinski definition) is 5. The van der Waals surface area contributed by atoms with E-state index in [9.17, 15) is 14.4 Å². The molecule has 1 aliphatic heterocycles. The van der Waals surface area contributed by atoms with E-state index in [4.69, 9.17) is 10.5 Å². The number of carbonyl (C=O) groups excluding carboxylic acids is 3. The van der Waals surface area contributed by atoms with Crippen LogP contribution in [0.25, 0.3) is 6.08 Å². The van der Waals surface area contributed by atoms with Crippen LogP contribution in [0.3, 0.4) is 0 Å². The third-order valence-corrected chi connectivity index (χ3v) is 5.89. The van der Waals surface area contributed by atoms with Crippen molar-refractivity contribution in [3.8, 4) is 5.75 Å². The van der Waals surface area contributed by atoms with Crippen LogP contribution in [0.1, 0.15) is 30.9 Å². The minimum absolute atomic E-state index is 0.0374. The quantitative estimate of drug-likeness (QED) is 0.494. The molecule has 2 aromatic rings. The Morgan fingerprint density at radius 1 is 1.15 bits per heavy atom. The summed E-state index contributed by atoms with van der Waals surface area (Å²) < 4.78 is 5.11. The van der Waals surface area contributed by atoms with E-state index in [1.807, 2.05) is 48.5 Å². The Kier molecular flexibility index (Phi) is 8.81. The molecule has 1 unspecified atom stereocenters. The van der Waals surface area contributed by atoms with E-state index in [1.54, 1.807) is 20.1 Å². The predicted molar refractivity (Wildman–Crippen MR) is 132 cm³/mol. The van der Waals surface area contributed by atoms with Gasteiger partial charge in [-0.1, -0.05) is 24.3 Å². The maximum Gasteiger partial charge on any atom is 0.246 e. The molecule has 0 radical (unpaired) electrons. The topological polar surface area (TPSA) is 114 Å². The zero-order valence-corrected chi connectivity index (χ0v) is 19.6. The molecule has 1 atom stereocenters. The summed E-state index contributed by atoms with van der Waals surface area (Å²) in [6.07, 6.45) is 4.62. The Bertz CT molecular complexity index is 1030. The molecule has 180 valence electrons. The van der Waals surface area contributed by atoms with E-state index in [-0.39, 0.29) is 23.6 Å². The van der Waals surface area contributed by atoms with Gasteiger partial charge in [-0.2, -0.15) is 0 Å². The number of primary amides is 1. The summed E-state index contributed by atoms with van der Waals surface area (Å²) in [5.74, 6) is -0.174. The van der Waals surface area contributed by atoms with Crippen molar-refractivity contribution in [3.05, 3.63) is 65.7 Å². The summed E-state index contributed by atoms with van der Waals surface area (Å²) in [5.41, 5.74) is 7.99. The van der Waals surface area contributed by atoms with Gasteiger partial charge < -0.3 is 21.1 Å². The van der Waals surface area contributed by atoms with Crippen LogP contribution < -0.4 is 21.1 Å². The van der Waals surface area contributed by atoms with Crippen molar-refractivity contribution < 1.29 is 19.1 Å². The number of benzene rings is 2. The van der Waals surface area contributed by atoms with Gasteiger partial charge in [0.05, 0.1) is 7.11 Å². The molecule has 34 heavy (non-hydrogen) atoms. The Hall–Kier alpha value is -3.65. The second-order valence-corrected chi connectivity index (χ2v) is 8.48. The SMILES string of the molecule is COc1ccc(C=CC(=O)NC(C)C(=O)Nc2cccc(CN3CCC(C(N)=O)CC3)c2)cc1. The van der Waals surface area contributed by atoms with E-state index in [0.717, 1.165) is 49.4 Å². The molecule has 0 spiro atoms. The molecular weight excluding hydrogens is 432 g/mol. The summed E-state index contributed by atoms with van der Waals surface area (Å²) in [6, 6.07) is 14.2. The first-order chi connectivity index (χ1) is 16.3. The first-order valence-electron chi connectivity index (χ1n) is 11.4. The zero-order chi connectivity index (χ0) is 24.5. The largest absolute Gasteiger partial charge is 0.497 e. The summed E-state index contributed by atoms with van der Waals surface area (Å²) in [6.45, 7) is 4.01. The van der Waals surface area contributed by atoms with Crippen LogP contribution in [0.5, 0.6) is 5.75 Å². The van der Waals surface area contributed by atoms with Gasteiger partial charge in [-0.25, -0.2) is 0 Å². The molecule has 1 saturated heterocycles. The average molecular weight is 465 g/mol. The number of nitrogens with two attached hydrogens (primary N) is 1. The van der Waals surface area contributed by atoms with Crippen molar-refractivity contribution in [1.29, 1.82) is 0 Å². The lowest BCUT2D eigenvalue weighted by atomic mass is 9.96. The highest BCUT2D eigenvalue weighted by atomic mass is 16.5. The lowest BCUT2D eigenvalue weighted by Crippen LogP contribution is -2.40. The Morgan fingerprint density at radius 3 is 2.50 bits per heavy atom. The number of hydrogen-bond donors (Lipinski definition) is 3. The van der Waals surface area contributed by atoms with Crippen LogP contribution in [0.4, 0.5) is 5.69 Å². The first-order valence-corrected chi connectivity index (χ1v) is 11.4. The molecule has 8 heteroatoms. The van der Waals surface area contributed by atoms with E-state index in [2.05, 4.69) is 15.5 Å². The van der Waals surface area contributed by atoms with E-state index < -0.39 is 6.04 Å². The van der Waals surface area contributed by atoms with Gasteiger partial charge in [0, 0.05) is 24.2 Å². The lowest BCUT2D eigenvalue weighted by Gasteiger charge is -2.30. The van der Waals surface area contributed by atoms with Crippen molar-refractivity contribution in [2.75, 3.05) is 25.5 Å². The molecular formula is C26H32N4O4. The molecule has 0 bridgehead atoms. The Morgan fingerprint density at radius 2 is 1.85 bits per heavy atom. The van der Waals surface area contributed by atoms with E-state index >= 15 is 0 Å². The molecule has 3 amide bonds. The van der Waals surface area contributed by atoms with Gasteiger partial charge in [0.1, 0.15) is 11.8 Å². The van der Waals surface area contributed by atoms with E-state index in [1.165, 1.54) is 6.08 Å². The number of nitrogens with one attached hydrogen (secondary N) is 2. The van der Waals surface area contributed by atoms with Crippen molar-refractivity contribution in [2.45, 2.75) is 32.4 Å². The van der Waals surface area contributed by atoms with Gasteiger partial charge in [-0.15, -0.1) is 0 Å². The van der Waals surface area contributed by atoms with Crippen LogP contribution in [-0.2, 0) is 20.9 Å². The van der Waals surface area contributed by atoms with Crippen LogP contribution in [0.2, 0.25) is 0 Å². The summed E-state index contributed by atoms with van der Waals surface area (Å²) in [4.78, 5) is 38.4. The number of methoxy groups -OCH3 is 1. The van der Waals surface area contributed by atoms with Gasteiger partial charge in [-0.3, -0.25) is 19.3 Å². The van der Waals surface area contributed by atoms with Gasteiger partial charge in [-0.05, 0) is 74.3 Å². The highest BCUT2D eigenvalue weighted by Crippen LogP contribution is 2.20. The van der Waals surface area contributed by atoms with Crippen molar-refractivity contribution >= 4 is 29.5 Å². The Balaban J connectivity index is 1.48. The summed E-state index contributed by atoms with van der Waals surface area (Å²) >= 11 is 0. The lowest BCUT2D eigenvalue weighted by molar-refractivity contribution is -0.123. The van der Waals surface area contributed by atoms with Crippen molar-refractivity contribution in [1.82, 2.24) is 10.2 Å². The number of likely N-dealkylation sites (tertiary alicyclic amines) is 1. The van der Waals surface area contributed by atoms with Crippen LogP contribution >= 0.6 is 0 Å². The molecule has 1 heterocycles. The molecule has 4 N–H and O–H groups in total. The predicted octanol–water partition coefficient (Wildman–Crippen LogP) is 2.55. The third-order valence-electron chi connectivity index (χ3n) is 5.89. The van der Waals surface area contributed by atoms with Crippen molar-refractivity contribution in [3.63, 3.8) is 0 Å². The number of piperidine rings is 1. The molecule has 2 aromatic carbocycles. The fourth-order valence-corrected chi connectivity index (χ4v) is 3.85. The minimum atomic E-state index is -0.704. The second-order valence-electron chi connectivity index (χ2n) is 8.48. The maximum absolute atomic E-state index is 12.6. The fraction of sp³-hybridized carbons (Fsp3) is 0.346. The molecule has 0 saturated carbocycles. The Labute approximate surface area is 200 Å². The number of carbonyl (C=O) groups is 3. The van der Waals surface area contributed by atoms with Crippen LogP contribution in [0, 0.1) is 5.92 Å². The average Bonchev–Trinajstić information content (AvgIpc) is 2.83. The molecule has 0 aliphatic carbocycles. The summed E-state index contributed by atoms with van der Waals surface area (Å²) in [7, 11) is 1.59. The maximum atomic E-state index is 12.6. The molecule has 1 fully saturated rings. The molecule has 0 aromatic heterocycles. The number of amides is 3. The zero-order valence-electron chi connectivity index (χ0n) is 19.6. The number of nitrogens with zero attached hydrogens (tertiary/aromatic N) is 1. The standard InChI is InChI=1S/C26H32N4O4/c1-18(28-24(31)11-8-19-6-9-23(34-2)10-7-19)26(33)29-22-5-3-4-20(16-22)17-30-14-12-21(13-15-30)25(27)32/h3-11,16,18,21H,12-15,17H2,1-2H3,(H2,27,32)(H,28,31)(H,29,33). The van der Waals surface area contributed by atoms with E-state index in [0.29, 0.717) is 5.69 Å². The smallest absolute Gasteiger partial charge is 0.246 e. The number of ether oxygens (including phenoxy) is 1. The fourth-order valence-electron chi connectivity index (χ4n) is 3.85. The second kappa shape index (κ2) is 12.0. The summed E-state index contributed by atoms with van der Waals surface area (Å²) in [5, 5.41) is 5.54. The van der Waals surface area contributed by atoms with Gasteiger partial charge >= 0.3 is 0 Å². The third kappa shape index (κ3) is 7.45. The molecule has 1 aliphatic rings. The van der Waals surface area contributed by atoms with Crippen molar-refractivity contribution in [2.24, 2.45) is 11.7 Å². The highest BCUT2D eigenvalue weighted by Gasteiger charge is 2.23. The molecule has 8 nitrogen and oxygen atoms in total. The first kappa shape index (κ1) is 25.0. The van der Waals surface area contributed by atoms with Gasteiger partial charge in [0.25, 0.3) is 0 Å². The number of rotatable bonds is 9. The van der Waals surface area contributed by atoms with Crippen LogP contribution in [0.15, 0.2) is 54.6 Å². The van der Waals surface area contributed by atoms with Gasteiger partial charge in [0.15, 0.2) is 0 Å². The minimum Gasteiger partial charge on any atom is -0.497 e. The monoisotopic (exact) mass is 464 g/mol. The number of anilines is 1. The molecule has 3 rings (SSSR count). The highest BCUT2D eigenvalue weighted by molar-refractivity contribution is 5.99. The normalized spacial score (nSPS) is 15.6. The van der Waals surface area contributed by atoms with Gasteiger partial charge in [0.2, 0.25) is 17.7 Å². The van der Waals surface area contributed by atoms with Crippen LogP contribution in [-0.4, -0.2) is 48.9 Å².